The number of hydrogen-bond donors (Lipinski definition) is 1. The number of rotatable bonds is 9. The number of carbonyl (C=O) groups excluding carboxylic acids is 2. The molecule has 0 saturated heterocycles. The Balaban J connectivity index is 1.96. The molecule has 0 bridgehead atoms. The Morgan fingerprint density at radius 3 is 2.34 bits per heavy atom. The first-order valence-corrected chi connectivity index (χ1v) is 10.7. The Morgan fingerprint density at radius 1 is 0.938 bits per heavy atom. The molecule has 0 fully saturated rings. The average molecular weight is 431 g/mol. The number of Topliss-reactive ketones (excluding diaryl/α,β-unsaturated/α-hetero) is 1. The molecule has 5 nitrogen and oxygen atoms in total. The van der Waals surface area contributed by atoms with Gasteiger partial charge in [-0.25, -0.2) is 0 Å². The van der Waals surface area contributed by atoms with Crippen LogP contribution < -0.4 is 10.1 Å². The number of methoxy groups -OCH3 is 1. The summed E-state index contributed by atoms with van der Waals surface area (Å²) in [5.74, 6) is 0.688. The van der Waals surface area contributed by atoms with Crippen molar-refractivity contribution in [3.05, 3.63) is 95.1 Å². The summed E-state index contributed by atoms with van der Waals surface area (Å²) in [4.78, 5) is 25.8. The number of ketones is 1. The highest BCUT2D eigenvalue weighted by atomic mass is 16.5. The molecule has 3 aromatic carbocycles. The van der Waals surface area contributed by atoms with E-state index in [0.717, 1.165) is 29.1 Å². The lowest BCUT2D eigenvalue weighted by Crippen LogP contribution is -2.27. The minimum Gasteiger partial charge on any atom is -0.496 e. The molecule has 1 N–H and O–H groups in total. The molecule has 32 heavy (non-hydrogen) atoms. The van der Waals surface area contributed by atoms with E-state index in [1.165, 1.54) is 12.5 Å². The Morgan fingerprint density at radius 2 is 1.69 bits per heavy atom. The fourth-order valence-electron chi connectivity index (χ4n) is 3.78. The van der Waals surface area contributed by atoms with E-state index in [1.54, 1.807) is 20.1 Å². The van der Waals surface area contributed by atoms with Crippen LogP contribution in [-0.2, 0) is 17.9 Å². The molecule has 0 aromatic heterocycles. The first kappa shape index (κ1) is 23.2. The number of amides is 1. The van der Waals surface area contributed by atoms with Crippen molar-refractivity contribution >= 4 is 17.4 Å². The van der Waals surface area contributed by atoms with Gasteiger partial charge in [-0.1, -0.05) is 42.5 Å². The molecule has 0 radical (unpaired) electrons. The van der Waals surface area contributed by atoms with Gasteiger partial charge in [0, 0.05) is 42.9 Å². The van der Waals surface area contributed by atoms with Crippen molar-refractivity contribution < 1.29 is 14.3 Å². The van der Waals surface area contributed by atoms with Crippen molar-refractivity contribution in [2.24, 2.45) is 0 Å². The van der Waals surface area contributed by atoms with E-state index in [1.807, 2.05) is 48.5 Å². The molecule has 1 amide bonds. The standard InChI is InChI=1S/C27H30N2O3/c1-19(23-11-8-12-26(16-23)28-21(3)31)29(17-22-9-6-5-7-10-22)18-25-15-24(20(2)30)13-14-27(25)32-4/h5-16,19H,17-18H2,1-4H3,(H,28,31)/t19-/m1/s1. The summed E-state index contributed by atoms with van der Waals surface area (Å²) in [6, 6.07) is 23.8. The lowest BCUT2D eigenvalue weighted by molar-refractivity contribution is -0.114. The fourth-order valence-corrected chi connectivity index (χ4v) is 3.78. The molecule has 0 aliphatic heterocycles. The third-order valence-electron chi connectivity index (χ3n) is 5.53. The normalized spacial score (nSPS) is 11.8. The van der Waals surface area contributed by atoms with Crippen LogP contribution in [0.4, 0.5) is 5.69 Å². The van der Waals surface area contributed by atoms with Gasteiger partial charge in [0.1, 0.15) is 5.75 Å². The molecule has 5 heteroatoms. The monoisotopic (exact) mass is 430 g/mol. The second kappa shape index (κ2) is 10.7. The van der Waals surface area contributed by atoms with Crippen LogP contribution in [0.2, 0.25) is 0 Å². The van der Waals surface area contributed by atoms with Crippen LogP contribution in [0.25, 0.3) is 0 Å². The minimum atomic E-state index is -0.0956. The van der Waals surface area contributed by atoms with Gasteiger partial charge < -0.3 is 10.1 Å². The van der Waals surface area contributed by atoms with Gasteiger partial charge in [-0.05, 0) is 55.3 Å². The van der Waals surface area contributed by atoms with Gasteiger partial charge >= 0.3 is 0 Å². The van der Waals surface area contributed by atoms with Crippen LogP contribution >= 0.6 is 0 Å². The Kier molecular flexibility index (Phi) is 7.79. The SMILES string of the molecule is COc1ccc(C(C)=O)cc1CN(Cc1ccccc1)[C@H](C)c1cccc(NC(C)=O)c1. The highest BCUT2D eigenvalue weighted by Gasteiger charge is 2.20. The van der Waals surface area contributed by atoms with Crippen LogP contribution in [0, 0.1) is 0 Å². The molecule has 3 rings (SSSR count). The Bertz CT molecular complexity index is 1080. The van der Waals surface area contributed by atoms with Gasteiger partial charge in [-0.3, -0.25) is 14.5 Å². The fraction of sp³-hybridized carbons (Fsp3) is 0.259. The predicted molar refractivity (Wildman–Crippen MR) is 128 cm³/mol. The quantitative estimate of drug-likeness (QED) is 0.448. The van der Waals surface area contributed by atoms with Crippen molar-refractivity contribution in [2.75, 3.05) is 12.4 Å². The Labute approximate surface area is 190 Å². The molecule has 0 aliphatic rings. The summed E-state index contributed by atoms with van der Waals surface area (Å²) in [7, 11) is 1.65. The molecule has 3 aromatic rings. The topological polar surface area (TPSA) is 58.6 Å². The summed E-state index contributed by atoms with van der Waals surface area (Å²) in [6.45, 7) is 6.55. The first-order valence-electron chi connectivity index (χ1n) is 10.7. The third-order valence-corrected chi connectivity index (χ3v) is 5.53. The van der Waals surface area contributed by atoms with E-state index < -0.39 is 0 Å². The minimum absolute atomic E-state index is 0.0274. The molecular weight excluding hydrogens is 400 g/mol. The van der Waals surface area contributed by atoms with Crippen LogP contribution in [0.1, 0.15) is 53.9 Å². The first-order chi connectivity index (χ1) is 15.4. The highest BCUT2D eigenvalue weighted by molar-refractivity contribution is 5.94. The van der Waals surface area contributed by atoms with Gasteiger partial charge in [0.15, 0.2) is 5.78 Å². The number of nitrogens with zero attached hydrogens (tertiary/aromatic N) is 1. The van der Waals surface area contributed by atoms with E-state index in [4.69, 9.17) is 4.74 Å². The zero-order chi connectivity index (χ0) is 23.1. The van der Waals surface area contributed by atoms with Crippen molar-refractivity contribution in [1.29, 1.82) is 0 Å². The van der Waals surface area contributed by atoms with Gasteiger partial charge in [0.25, 0.3) is 0 Å². The summed E-state index contributed by atoms with van der Waals surface area (Å²) in [6.07, 6.45) is 0. The molecular formula is C27H30N2O3. The number of ether oxygens (including phenoxy) is 1. The number of nitrogens with one attached hydrogen (secondary N) is 1. The number of hydrogen-bond acceptors (Lipinski definition) is 4. The van der Waals surface area contributed by atoms with Gasteiger partial charge in [0.2, 0.25) is 5.91 Å². The van der Waals surface area contributed by atoms with Crippen LogP contribution in [0.15, 0.2) is 72.8 Å². The van der Waals surface area contributed by atoms with Crippen molar-refractivity contribution in [1.82, 2.24) is 4.90 Å². The van der Waals surface area contributed by atoms with Crippen LogP contribution in [-0.4, -0.2) is 23.7 Å². The Hall–Kier alpha value is -3.44. The smallest absolute Gasteiger partial charge is 0.221 e. The molecule has 1 atom stereocenters. The van der Waals surface area contributed by atoms with E-state index in [9.17, 15) is 9.59 Å². The maximum atomic E-state index is 12.0. The van der Waals surface area contributed by atoms with Crippen LogP contribution in [0.5, 0.6) is 5.75 Å². The molecule has 0 heterocycles. The molecule has 0 saturated carbocycles. The molecule has 166 valence electrons. The summed E-state index contributed by atoms with van der Waals surface area (Å²) in [5.41, 5.74) is 4.69. The van der Waals surface area contributed by atoms with Gasteiger partial charge in [-0.15, -0.1) is 0 Å². The van der Waals surface area contributed by atoms with Gasteiger partial charge in [0.05, 0.1) is 7.11 Å². The van der Waals surface area contributed by atoms with E-state index in [-0.39, 0.29) is 17.7 Å². The van der Waals surface area contributed by atoms with Crippen LogP contribution in [0.3, 0.4) is 0 Å². The number of benzene rings is 3. The largest absolute Gasteiger partial charge is 0.496 e. The number of carbonyl (C=O) groups is 2. The molecule has 0 unspecified atom stereocenters. The van der Waals surface area contributed by atoms with E-state index in [2.05, 4.69) is 35.3 Å². The maximum Gasteiger partial charge on any atom is 0.221 e. The average Bonchev–Trinajstić information content (AvgIpc) is 2.78. The zero-order valence-electron chi connectivity index (χ0n) is 19.1. The van der Waals surface area contributed by atoms with Crippen molar-refractivity contribution in [2.45, 2.75) is 39.9 Å². The van der Waals surface area contributed by atoms with E-state index >= 15 is 0 Å². The lowest BCUT2D eigenvalue weighted by Gasteiger charge is -2.30. The lowest BCUT2D eigenvalue weighted by atomic mass is 10.0. The summed E-state index contributed by atoms with van der Waals surface area (Å²) < 4.78 is 5.59. The molecule has 0 spiro atoms. The summed E-state index contributed by atoms with van der Waals surface area (Å²) >= 11 is 0. The van der Waals surface area contributed by atoms with E-state index in [0.29, 0.717) is 12.1 Å². The second-order valence-corrected chi connectivity index (χ2v) is 7.96. The van der Waals surface area contributed by atoms with Crippen molar-refractivity contribution in [3.8, 4) is 5.75 Å². The third kappa shape index (κ3) is 6.05. The predicted octanol–water partition coefficient (Wildman–Crippen LogP) is 5.62. The highest BCUT2D eigenvalue weighted by Crippen LogP contribution is 2.30. The molecule has 0 aliphatic carbocycles. The van der Waals surface area contributed by atoms with Gasteiger partial charge in [-0.2, -0.15) is 0 Å². The zero-order valence-corrected chi connectivity index (χ0v) is 19.1. The second-order valence-electron chi connectivity index (χ2n) is 7.96. The maximum absolute atomic E-state index is 12.0. The summed E-state index contributed by atoms with van der Waals surface area (Å²) in [5, 5.41) is 2.86. The van der Waals surface area contributed by atoms with Crippen molar-refractivity contribution in [3.63, 3.8) is 0 Å². The number of anilines is 1.